The summed E-state index contributed by atoms with van der Waals surface area (Å²) >= 11 is 0. The third kappa shape index (κ3) is 4.38. The van der Waals surface area contributed by atoms with Crippen LogP contribution in [0, 0.1) is 12.8 Å². The maximum absolute atomic E-state index is 12.2. The molecule has 6 heteroatoms. The summed E-state index contributed by atoms with van der Waals surface area (Å²) in [6.45, 7) is 4.05. The van der Waals surface area contributed by atoms with E-state index < -0.39 is 0 Å². The SMILES string of the molecule is Cc1cc(Nc2ccc(NC(=O)C3CCCC3)cc2)nc(N2CCCC2)n1. The molecule has 0 bridgehead atoms. The topological polar surface area (TPSA) is 70.2 Å². The molecule has 1 aliphatic carbocycles. The van der Waals surface area contributed by atoms with E-state index in [4.69, 9.17) is 0 Å². The second-order valence-electron chi connectivity index (χ2n) is 7.56. The first kappa shape index (κ1) is 17.8. The largest absolute Gasteiger partial charge is 0.341 e. The highest BCUT2D eigenvalue weighted by Crippen LogP contribution is 2.27. The summed E-state index contributed by atoms with van der Waals surface area (Å²) in [7, 11) is 0. The average Bonchev–Trinajstić information content (AvgIpc) is 3.37. The highest BCUT2D eigenvalue weighted by atomic mass is 16.1. The van der Waals surface area contributed by atoms with Gasteiger partial charge in [0.2, 0.25) is 11.9 Å². The molecule has 2 heterocycles. The first-order chi connectivity index (χ1) is 13.2. The molecule has 0 atom stereocenters. The van der Waals surface area contributed by atoms with Gasteiger partial charge in [-0.2, -0.15) is 4.98 Å². The van der Waals surface area contributed by atoms with E-state index in [0.717, 1.165) is 54.8 Å². The van der Waals surface area contributed by atoms with E-state index in [1.807, 2.05) is 37.3 Å². The van der Waals surface area contributed by atoms with E-state index in [-0.39, 0.29) is 11.8 Å². The van der Waals surface area contributed by atoms with Crippen LogP contribution in [0.25, 0.3) is 0 Å². The summed E-state index contributed by atoms with van der Waals surface area (Å²) in [5, 5.41) is 6.39. The average molecular weight is 365 g/mol. The first-order valence-corrected chi connectivity index (χ1v) is 9.96. The van der Waals surface area contributed by atoms with Gasteiger partial charge in [-0.05, 0) is 56.9 Å². The van der Waals surface area contributed by atoms with Crippen molar-refractivity contribution in [3.05, 3.63) is 36.0 Å². The van der Waals surface area contributed by atoms with Crippen molar-refractivity contribution in [2.75, 3.05) is 28.6 Å². The lowest BCUT2D eigenvalue weighted by atomic mass is 10.1. The van der Waals surface area contributed by atoms with E-state index in [2.05, 4.69) is 25.5 Å². The van der Waals surface area contributed by atoms with Gasteiger partial charge in [0.05, 0.1) is 0 Å². The van der Waals surface area contributed by atoms with Crippen molar-refractivity contribution in [2.24, 2.45) is 5.92 Å². The van der Waals surface area contributed by atoms with Crippen LogP contribution in [0.4, 0.5) is 23.1 Å². The fourth-order valence-corrected chi connectivity index (χ4v) is 3.89. The molecule has 4 rings (SSSR count). The molecule has 1 aromatic heterocycles. The predicted molar refractivity (Wildman–Crippen MR) is 109 cm³/mol. The summed E-state index contributed by atoms with van der Waals surface area (Å²) in [4.78, 5) is 23.7. The Morgan fingerprint density at radius 1 is 1.00 bits per heavy atom. The zero-order valence-electron chi connectivity index (χ0n) is 15.9. The number of carbonyl (C=O) groups is 1. The number of benzene rings is 1. The highest BCUT2D eigenvalue weighted by Gasteiger charge is 2.22. The Morgan fingerprint density at radius 3 is 2.37 bits per heavy atom. The maximum Gasteiger partial charge on any atom is 0.227 e. The number of rotatable bonds is 5. The lowest BCUT2D eigenvalue weighted by Crippen LogP contribution is -2.21. The number of anilines is 4. The molecule has 1 saturated carbocycles. The third-order valence-electron chi connectivity index (χ3n) is 5.38. The van der Waals surface area contributed by atoms with Crippen LogP contribution in [0.1, 0.15) is 44.2 Å². The second-order valence-corrected chi connectivity index (χ2v) is 7.56. The Hall–Kier alpha value is -2.63. The van der Waals surface area contributed by atoms with Crippen LogP contribution >= 0.6 is 0 Å². The van der Waals surface area contributed by atoms with Gasteiger partial charge in [0.15, 0.2) is 0 Å². The lowest BCUT2D eigenvalue weighted by molar-refractivity contribution is -0.119. The molecule has 1 aliphatic heterocycles. The zero-order chi connectivity index (χ0) is 18.6. The third-order valence-corrected chi connectivity index (χ3v) is 5.38. The van der Waals surface area contributed by atoms with Crippen molar-refractivity contribution in [1.82, 2.24) is 9.97 Å². The molecule has 0 spiro atoms. The van der Waals surface area contributed by atoms with Gasteiger partial charge in [-0.25, -0.2) is 4.98 Å². The Morgan fingerprint density at radius 2 is 1.67 bits per heavy atom. The van der Waals surface area contributed by atoms with E-state index in [9.17, 15) is 4.79 Å². The number of nitrogens with one attached hydrogen (secondary N) is 2. The number of hydrogen-bond donors (Lipinski definition) is 2. The van der Waals surface area contributed by atoms with Crippen LogP contribution in [0.3, 0.4) is 0 Å². The zero-order valence-corrected chi connectivity index (χ0v) is 15.9. The van der Waals surface area contributed by atoms with Crippen molar-refractivity contribution in [3.8, 4) is 0 Å². The quantitative estimate of drug-likeness (QED) is 0.828. The molecule has 2 aromatic rings. The Balaban J connectivity index is 1.41. The number of hydrogen-bond acceptors (Lipinski definition) is 5. The molecule has 1 saturated heterocycles. The van der Waals surface area contributed by atoms with Crippen molar-refractivity contribution >= 4 is 29.0 Å². The molecule has 27 heavy (non-hydrogen) atoms. The van der Waals surface area contributed by atoms with E-state index in [0.29, 0.717) is 0 Å². The summed E-state index contributed by atoms with van der Waals surface area (Å²) < 4.78 is 0. The van der Waals surface area contributed by atoms with Crippen LogP contribution in [-0.4, -0.2) is 29.0 Å². The van der Waals surface area contributed by atoms with E-state index >= 15 is 0 Å². The van der Waals surface area contributed by atoms with Crippen LogP contribution in [-0.2, 0) is 4.79 Å². The molecule has 142 valence electrons. The van der Waals surface area contributed by atoms with Crippen LogP contribution in [0.2, 0.25) is 0 Å². The number of amides is 1. The minimum atomic E-state index is 0.148. The maximum atomic E-state index is 12.2. The number of aromatic nitrogens is 2. The fraction of sp³-hybridized carbons (Fsp3) is 0.476. The van der Waals surface area contributed by atoms with Gasteiger partial charge >= 0.3 is 0 Å². The highest BCUT2D eigenvalue weighted by molar-refractivity contribution is 5.92. The Kier molecular flexibility index (Phi) is 5.23. The van der Waals surface area contributed by atoms with Gasteiger partial charge in [0.25, 0.3) is 0 Å². The molecule has 1 aromatic carbocycles. The molecular formula is C21H27N5O. The standard InChI is InChI=1S/C21H27N5O/c1-15-14-19(25-21(22-15)26-12-4-5-13-26)23-17-8-10-18(11-9-17)24-20(27)16-6-2-3-7-16/h8-11,14,16H,2-7,12-13H2,1H3,(H,24,27)(H,22,23,25). The summed E-state index contributed by atoms with van der Waals surface area (Å²) in [5.74, 6) is 1.92. The van der Waals surface area contributed by atoms with Crippen molar-refractivity contribution in [3.63, 3.8) is 0 Å². The number of nitrogens with zero attached hydrogens (tertiary/aromatic N) is 3. The van der Waals surface area contributed by atoms with Gasteiger partial charge in [0.1, 0.15) is 5.82 Å². The van der Waals surface area contributed by atoms with E-state index in [1.165, 1.54) is 25.7 Å². The van der Waals surface area contributed by atoms with Gasteiger partial charge in [-0.15, -0.1) is 0 Å². The monoisotopic (exact) mass is 365 g/mol. The first-order valence-electron chi connectivity index (χ1n) is 9.96. The summed E-state index contributed by atoms with van der Waals surface area (Å²) in [6, 6.07) is 9.76. The molecule has 1 amide bonds. The molecule has 0 unspecified atom stereocenters. The smallest absolute Gasteiger partial charge is 0.227 e. The Bertz CT molecular complexity index is 793. The van der Waals surface area contributed by atoms with Crippen molar-refractivity contribution in [1.29, 1.82) is 0 Å². The molecule has 2 N–H and O–H groups in total. The normalized spacial score (nSPS) is 17.3. The fourth-order valence-electron chi connectivity index (χ4n) is 3.89. The molecule has 0 radical (unpaired) electrons. The molecule has 6 nitrogen and oxygen atoms in total. The summed E-state index contributed by atoms with van der Waals surface area (Å²) in [5.41, 5.74) is 2.74. The van der Waals surface area contributed by atoms with Gasteiger partial charge < -0.3 is 15.5 Å². The van der Waals surface area contributed by atoms with Gasteiger partial charge in [-0.3, -0.25) is 4.79 Å². The minimum absolute atomic E-state index is 0.148. The van der Waals surface area contributed by atoms with E-state index in [1.54, 1.807) is 0 Å². The minimum Gasteiger partial charge on any atom is -0.341 e. The molecule has 2 fully saturated rings. The van der Waals surface area contributed by atoms with Crippen molar-refractivity contribution in [2.45, 2.75) is 45.4 Å². The second kappa shape index (κ2) is 7.94. The van der Waals surface area contributed by atoms with Gasteiger partial charge in [0, 0.05) is 42.1 Å². The Labute approximate surface area is 160 Å². The molecular weight excluding hydrogens is 338 g/mol. The van der Waals surface area contributed by atoms with Crippen LogP contribution < -0.4 is 15.5 Å². The number of aryl methyl sites for hydroxylation is 1. The summed E-state index contributed by atoms with van der Waals surface area (Å²) in [6.07, 6.45) is 6.76. The lowest BCUT2D eigenvalue weighted by Gasteiger charge is -2.17. The molecule has 2 aliphatic rings. The number of carbonyl (C=O) groups excluding carboxylic acids is 1. The van der Waals surface area contributed by atoms with Crippen LogP contribution in [0.5, 0.6) is 0 Å². The van der Waals surface area contributed by atoms with Crippen molar-refractivity contribution < 1.29 is 4.79 Å². The van der Waals surface area contributed by atoms with Crippen LogP contribution in [0.15, 0.2) is 30.3 Å². The van der Waals surface area contributed by atoms with Gasteiger partial charge in [-0.1, -0.05) is 12.8 Å². The predicted octanol–water partition coefficient (Wildman–Crippen LogP) is 4.26.